The van der Waals surface area contributed by atoms with Gasteiger partial charge in [-0.15, -0.1) is 11.8 Å². The quantitative estimate of drug-likeness (QED) is 0.728. The van der Waals surface area contributed by atoms with Crippen molar-refractivity contribution >= 4 is 22.7 Å². The highest BCUT2D eigenvalue weighted by Gasteiger charge is 2.15. The summed E-state index contributed by atoms with van der Waals surface area (Å²) >= 11 is 1.79. The van der Waals surface area contributed by atoms with Gasteiger partial charge in [0.2, 0.25) is 0 Å². The topological polar surface area (TPSA) is 24.9 Å². The molecule has 0 aliphatic carbocycles. The van der Waals surface area contributed by atoms with Crippen LogP contribution in [0.2, 0.25) is 0 Å². The van der Waals surface area contributed by atoms with Gasteiger partial charge >= 0.3 is 0 Å². The van der Waals surface area contributed by atoms with E-state index in [0.29, 0.717) is 0 Å². The number of hydrogen-bond acceptors (Lipinski definition) is 3. The number of benzene rings is 2. The van der Waals surface area contributed by atoms with E-state index in [9.17, 15) is 0 Å². The molecule has 3 heteroatoms. The summed E-state index contributed by atoms with van der Waals surface area (Å²) in [6.07, 6.45) is 3.95. The van der Waals surface area contributed by atoms with E-state index in [1.807, 2.05) is 19.3 Å². The molecule has 0 radical (unpaired) electrons. The third-order valence-corrected chi connectivity index (χ3v) is 4.51. The van der Waals surface area contributed by atoms with Gasteiger partial charge in [-0.3, -0.25) is 4.98 Å². The number of nitrogens with one attached hydrogen (secondary N) is 1. The molecule has 2 aromatic carbocycles. The van der Waals surface area contributed by atoms with Crippen molar-refractivity contribution in [3.05, 3.63) is 71.9 Å². The second kappa shape index (κ2) is 6.29. The summed E-state index contributed by atoms with van der Waals surface area (Å²) in [5.74, 6) is 0. The molecule has 1 N–H and O–H groups in total. The highest BCUT2D eigenvalue weighted by Crippen LogP contribution is 2.31. The van der Waals surface area contributed by atoms with E-state index in [0.717, 1.165) is 5.52 Å². The molecule has 0 saturated carbocycles. The molecule has 106 valence electrons. The molecule has 0 aliphatic rings. The molecule has 3 aromatic rings. The predicted molar refractivity (Wildman–Crippen MR) is 90.9 cm³/mol. The molecule has 0 fully saturated rings. The van der Waals surface area contributed by atoms with Gasteiger partial charge in [-0.1, -0.05) is 30.3 Å². The Balaban J connectivity index is 2.09. The summed E-state index contributed by atoms with van der Waals surface area (Å²) in [6.45, 7) is 0. The third kappa shape index (κ3) is 2.80. The van der Waals surface area contributed by atoms with Crippen molar-refractivity contribution in [2.24, 2.45) is 0 Å². The van der Waals surface area contributed by atoms with E-state index in [4.69, 9.17) is 0 Å². The summed E-state index contributed by atoms with van der Waals surface area (Å²) in [7, 11) is 2.01. The maximum atomic E-state index is 4.39. The predicted octanol–water partition coefficient (Wildman–Crippen LogP) is 4.27. The first-order chi connectivity index (χ1) is 10.3. The van der Waals surface area contributed by atoms with Crippen LogP contribution in [-0.4, -0.2) is 18.3 Å². The number of rotatable bonds is 4. The highest BCUT2D eigenvalue weighted by molar-refractivity contribution is 7.98. The van der Waals surface area contributed by atoms with E-state index in [-0.39, 0.29) is 6.04 Å². The Labute approximate surface area is 129 Å². The fourth-order valence-electron chi connectivity index (χ4n) is 2.68. The molecule has 2 nitrogen and oxygen atoms in total. The van der Waals surface area contributed by atoms with Crippen molar-refractivity contribution in [2.75, 3.05) is 13.3 Å². The fourth-order valence-corrected chi connectivity index (χ4v) is 3.32. The number of nitrogens with zero attached hydrogens (tertiary/aromatic N) is 1. The SMILES string of the molecule is CNC(c1ccc2ncccc2c1)c1ccccc1SC. The van der Waals surface area contributed by atoms with Crippen LogP contribution in [0.3, 0.4) is 0 Å². The van der Waals surface area contributed by atoms with Crippen molar-refractivity contribution in [1.29, 1.82) is 0 Å². The Morgan fingerprint density at radius 1 is 1.05 bits per heavy atom. The minimum absolute atomic E-state index is 0.193. The number of aromatic nitrogens is 1. The van der Waals surface area contributed by atoms with Gasteiger partial charge in [0.15, 0.2) is 0 Å². The van der Waals surface area contributed by atoms with Gasteiger partial charge in [0.25, 0.3) is 0 Å². The van der Waals surface area contributed by atoms with Crippen molar-refractivity contribution in [3.8, 4) is 0 Å². The van der Waals surface area contributed by atoms with Gasteiger partial charge in [0.05, 0.1) is 11.6 Å². The minimum Gasteiger partial charge on any atom is -0.309 e. The van der Waals surface area contributed by atoms with E-state index >= 15 is 0 Å². The van der Waals surface area contributed by atoms with E-state index in [1.165, 1.54) is 21.4 Å². The Hall–Kier alpha value is -1.84. The maximum absolute atomic E-state index is 4.39. The second-order valence-electron chi connectivity index (χ2n) is 4.92. The fraction of sp³-hybridized carbons (Fsp3) is 0.167. The van der Waals surface area contributed by atoms with Crippen LogP contribution in [0.4, 0.5) is 0 Å². The highest BCUT2D eigenvalue weighted by atomic mass is 32.2. The summed E-state index contributed by atoms with van der Waals surface area (Å²) in [5.41, 5.74) is 3.62. The summed E-state index contributed by atoms with van der Waals surface area (Å²) in [6, 6.07) is 19.3. The zero-order valence-electron chi connectivity index (χ0n) is 12.2. The smallest absolute Gasteiger partial charge is 0.0702 e. The average Bonchev–Trinajstić information content (AvgIpc) is 2.56. The Morgan fingerprint density at radius 3 is 2.71 bits per heavy atom. The number of fused-ring (bicyclic) bond motifs is 1. The molecule has 0 spiro atoms. The zero-order chi connectivity index (χ0) is 14.7. The van der Waals surface area contributed by atoms with Crippen LogP contribution >= 0.6 is 11.8 Å². The summed E-state index contributed by atoms with van der Waals surface area (Å²) in [4.78, 5) is 5.70. The second-order valence-corrected chi connectivity index (χ2v) is 5.77. The molecule has 1 heterocycles. The molecular weight excluding hydrogens is 276 g/mol. The molecular formula is C18H18N2S. The van der Waals surface area contributed by atoms with Gasteiger partial charge in [-0.2, -0.15) is 0 Å². The van der Waals surface area contributed by atoms with E-state index in [2.05, 4.69) is 65.1 Å². The molecule has 0 amide bonds. The van der Waals surface area contributed by atoms with E-state index in [1.54, 1.807) is 11.8 Å². The number of hydrogen-bond donors (Lipinski definition) is 1. The molecule has 1 unspecified atom stereocenters. The molecule has 0 saturated heterocycles. The van der Waals surface area contributed by atoms with E-state index < -0.39 is 0 Å². The molecule has 1 aromatic heterocycles. The van der Waals surface area contributed by atoms with Crippen molar-refractivity contribution < 1.29 is 0 Å². The van der Waals surface area contributed by atoms with Crippen LogP contribution in [0, 0.1) is 0 Å². The lowest BCUT2D eigenvalue weighted by Crippen LogP contribution is -2.18. The molecule has 0 aliphatic heterocycles. The molecule has 21 heavy (non-hydrogen) atoms. The minimum atomic E-state index is 0.193. The number of pyridine rings is 1. The van der Waals surface area contributed by atoms with Crippen molar-refractivity contribution in [3.63, 3.8) is 0 Å². The van der Waals surface area contributed by atoms with Crippen LogP contribution in [0.15, 0.2) is 65.7 Å². The standard InChI is InChI=1S/C18H18N2S/c1-19-18(15-7-3-4-8-17(15)21-2)14-9-10-16-13(12-14)6-5-11-20-16/h3-12,18-19H,1-2H3. The monoisotopic (exact) mass is 294 g/mol. The van der Waals surface area contributed by atoms with Crippen LogP contribution in [0.5, 0.6) is 0 Å². The zero-order valence-corrected chi connectivity index (χ0v) is 13.0. The molecule has 1 atom stereocenters. The summed E-state index contributed by atoms with van der Waals surface area (Å²) in [5, 5.41) is 4.62. The average molecular weight is 294 g/mol. The van der Waals surface area contributed by atoms with Gasteiger partial charge in [-0.25, -0.2) is 0 Å². The lowest BCUT2D eigenvalue weighted by molar-refractivity contribution is 0.681. The normalized spacial score (nSPS) is 12.5. The Bertz CT molecular complexity index is 755. The summed E-state index contributed by atoms with van der Waals surface area (Å²) < 4.78 is 0. The van der Waals surface area contributed by atoms with Gasteiger partial charge in [0, 0.05) is 16.5 Å². The number of thioether (sulfide) groups is 1. The van der Waals surface area contributed by atoms with Gasteiger partial charge in [0.1, 0.15) is 0 Å². The van der Waals surface area contributed by atoms with Crippen molar-refractivity contribution in [1.82, 2.24) is 10.3 Å². The first-order valence-electron chi connectivity index (χ1n) is 6.98. The first-order valence-corrected chi connectivity index (χ1v) is 8.21. The lowest BCUT2D eigenvalue weighted by Gasteiger charge is -2.20. The van der Waals surface area contributed by atoms with Crippen LogP contribution in [-0.2, 0) is 0 Å². The first kappa shape index (κ1) is 14.1. The van der Waals surface area contributed by atoms with Gasteiger partial charge < -0.3 is 5.32 Å². The Morgan fingerprint density at radius 2 is 1.90 bits per heavy atom. The molecule has 0 bridgehead atoms. The van der Waals surface area contributed by atoms with Gasteiger partial charge in [-0.05, 0) is 48.7 Å². The van der Waals surface area contributed by atoms with Crippen LogP contribution in [0.1, 0.15) is 17.2 Å². The Kier molecular flexibility index (Phi) is 4.23. The lowest BCUT2D eigenvalue weighted by atomic mass is 9.97. The largest absolute Gasteiger partial charge is 0.309 e. The maximum Gasteiger partial charge on any atom is 0.0702 e. The van der Waals surface area contributed by atoms with Crippen molar-refractivity contribution in [2.45, 2.75) is 10.9 Å². The van der Waals surface area contributed by atoms with Crippen LogP contribution in [0.25, 0.3) is 10.9 Å². The molecule has 3 rings (SSSR count). The van der Waals surface area contributed by atoms with Crippen LogP contribution < -0.4 is 5.32 Å². The third-order valence-electron chi connectivity index (χ3n) is 3.70.